The first-order valence-electron chi connectivity index (χ1n) is 7.00. The fourth-order valence-corrected chi connectivity index (χ4v) is 3.00. The minimum atomic E-state index is -0.158. The molecule has 1 N–H and O–H groups in total. The first-order valence-corrected chi connectivity index (χ1v) is 7.80. The van der Waals surface area contributed by atoms with Crippen molar-refractivity contribution in [2.75, 3.05) is 18.4 Å². The van der Waals surface area contributed by atoms with Gasteiger partial charge in [-0.15, -0.1) is 0 Å². The van der Waals surface area contributed by atoms with E-state index in [0.29, 0.717) is 36.1 Å². The van der Waals surface area contributed by atoms with Crippen molar-refractivity contribution < 1.29 is 9.59 Å². The Balaban J connectivity index is 1.98. The standard InChI is InChI=1S/C15H18BrN3O3/c1-3-13(20)19-6-4-10(5-7-19)14(21)17-11-8-12(16)15(22)18(2)9-11/h3,8-10H,1,4-7H2,2H3,(H,17,21). The van der Waals surface area contributed by atoms with E-state index in [1.807, 2.05) is 0 Å². The Morgan fingerprint density at radius 3 is 2.59 bits per heavy atom. The maximum absolute atomic E-state index is 12.3. The first-order chi connectivity index (χ1) is 10.4. The molecule has 2 rings (SSSR count). The van der Waals surface area contributed by atoms with Crippen LogP contribution in [0.5, 0.6) is 0 Å². The largest absolute Gasteiger partial charge is 0.339 e. The second kappa shape index (κ2) is 6.91. The van der Waals surface area contributed by atoms with Crippen LogP contribution in [0.2, 0.25) is 0 Å². The summed E-state index contributed by atoms with van der Waals surface area (Å²) in [6.45, 7) is 4.58. The van der Waals surface area contributed by atoms with Crippen molar-refractivity contribution in [3.8, 4) is 0 Å². The lowest BCUT2D eigenvalue weighted by Crippen LogP contribution is -2.40. The van der Waals surface area contributed by atoms with E-state index < -0.39 is 0 Å². The highest BCUT2D eigenvalue weighted by atomic mass is 79.9. The molecule has 0 saturated carbocycles. The van der Waals surface area contributed by atoms with Crippen LogP contribution in [-0.2, 0) is 16.6 Å². The van der Waals surface area contributed by atoms with E-state index in [1.54, 1.807) is 24.2 Å². The summed E-state index contributed by atoms with van der Waals surface area (Å²) < 4.78 is 1.81. The number of likely N-dealkylation sites (tertiary alicyclic amines) is 1. The quantitative estimate of drug-likeness (QED) is 0.823. The SMILES string of the molecule is C=CC(=O)N1CCC(C(=O)Nc2cc(Br)c(=O)n(C)c2)CC1. The lowest BCUT2D eigenvalue weighted by atomic mass is 9.96. The minimum Gasteiger partial charge on any atom is -0.339 e. The van der Waals surface area contributed by atoms with Crippen LogP contribution < -0.4 is 10.9 Å². The molecule has 1 aromatic rings. The molecule has 7 heteroatoms. The van der Waals surface area contributed by atoms with Crippen molar-refractivity contribution in [3.63, 3.8) is 0 Å². The number of amides is 2. The van der Waals surface area contributed by atoms with Gasteiger partial charge in [0.25, 0.3) is 5.56 Å². The molecule has 22 heavy (non-hydrogen) atoms. The van der Waals surface area contributed by atoms with Crippen molar-refractivity contribution in [1.29, 1.82) is 0 Å². The summed E-state index contributed by atoms with van der Waals surface area (Å²) >= 11 is 3.18. The maximum atomic E-state index is 12.3. The lowest BCUT2D eigenvalue weighted by molar-refractivity contribution is -0.130. The summed E-state index contributed by atoms with van der Waals surface area (Å²) in [4.78, 5) is 37.1. The molecule has 0 aliphatic carbocycles. The highest BCUT2D eigenvalue weighted by Gasteiger charge is 2.26. The summed E-state index contributed by atoms with van der Waals surface area (Å²) in [6.07, 6.45) is 4.13. The normalized spacial score (nSPS) is 15.5. The van der Waals surface area contributed by atoms with E-state index in [-0.39, 0.29) is 23.3 Å². The number of rotatable bonds is 3. The van der Waals surface area contributed by atoms with Crippen LogP contribution in [-0.4, -0.2) is 34.4 Å². The Hall–Kier alpha value is -1.89. The zero-order valence-corrected chi connectivity index (χ0v) is 13.9. The predicted octanol–water partition coefficient (Wildman–Crippen LogP) is 1.51. The van der Waals surface area contributed by atoms with Gasteiger partial charge in [-0.1, -0.05) is 6.58 Å². The fraction of sp³-hybridized carbons (Fsp3) is 0.400. The number of carbonyl (C=O) groups excluding carboxylic acids is 2. The Bertz CT molecular complexity index is 634. The van der Waals surface area contributed by atoms with E-state index in [0.717, 1.165) is 0 Å². The van der Waals surface area contributed by atoms with Crippen molar-refractivity contribution in [3.05, 3.63) is 39.7 Å². The lowest BCUT2D eigenvalue weighted by Gasteiger charge is -2.30. The van der Waals surface area contributed by atoms with Gasteiger partial charge in [0, 0.05) is 32.3 Å². The molecule has 6 nitrogen and oxygen atoms in total. The van der Waals surface area contributed by atoms with Gasteiger partial charge in [-0.25, -0.2) is 0 Å². The molecule has 0 unspecified atom stereocenters. The molecule has 1 aliphatic rings. The monoisotopic (exact) mass is 367 g/mol. The average molecular weight is 368 g/mol. The molecule has 1 fully saturated rings. The molecular weight excluding hydrogens is 350 g/mol. The van der Waals surface area contributed by atoms with E-state index in [9.17, 15) is 14.4 Å². The Labute approximate surface area is 136 Å². The molecular formula is C15H18BrN3O3. The van der Waals surface area contributed by atoms with Crippen LogP contribution in [0.3, 0.4) is 0 Å². The summed E-state index contributed by atoms with van der Waals surface area (Å²) in [7, 11) is 1.63. The number of piperidine rings is 1. The molecule has 1 aliphatic heterocycles. The molecule has 0 bridgehead atoms. The summed E-state index contributed by atoms with van der Waals surface area (Å²) in [5.74, 6) is -0.318. The maximum Gasteiger partial charge on any atom is 0.264 e. The van der Waals surface area contributed by atoms with E-state index in [1.165, 1.54) is 10.6 Å². The van der Waals surface area contributed by atoms with E-state index >= 15 is 0 Å². The third-order valence-corrected chi connectivity index (χ3v) is 4.33. The van der Waals surface area contributed by atoms with Gasteiger partial charge in [0.15, 0.2) is 0 Å². The Kier molecular flexibility index (Phi) is 5.18. The number of aromatic nitrogens is 1. The first kappa shape index (κ1) is 16.5. The Morgan fingerprint density at radius 1 is 1.41 bits per heavy atom. The van der Waals surface area contributed by atoms with Crippen molar-refractivity contribution >= 4 is 33.4 Å². The third kappa shape index (κ3) is 3.65. The molecule has 1 aromatic heterocycles. The summed E-state index contributed by atoms with van der Waals surface area (Å²) in [5.41, 5.74) is 0.415. The van der Waals surface area contributed by atoms with Crippen molar-refractivity contribution in [2.45, 2.75) is 12.8 Å². The topological polar surface area (TPSA) is 71.4 Å². The van der Waals surface area contributed by atoms with Crippen LogP contribution in [0, 0.1) is 5.92 Å². The van der Waals surface area contributed by atoms with Gasteiger partial charge in [0.2, 0.25) is 11.8 Å². The van der Waals surface area contributed by atoms with E-state index in [2.05, 4.69) is 27.8 Å². The number of anilines is 1. The molecule has 0 radical (unpaired) electrons. The number of hydrogen-bond donors (Lipinski definition) is 1. The zero-order valence-electron chi connectivity index (χ0n) is 12.3. The van der Waals surface area contributed by atoms with Gasteiger partial charge in [-0.3, -0.25) is 14.4 Å². The molecule has 2 heterocycles. The van der Waals surface area contributed by atoms with Gasteiger partial charge in [-0.2, -0.15) is 0 Å². The third-order valence-electron chi connectivity index (χ3n) is 3.76. The number of hydrogen-bond acceptors (Lipinski definition) is 3. The van der Waals surface area contributed by atoms with Gasteiger partial charge in [-0.05, 0) is 40.9 Å². The van der Waals surface area contributed by atoms with Gasteiger partial charge in [0.05, 0.1) is 10.2 Å². The second-order valence-electron chi connectivity index (χ2n) is 5.29. The number of pyridine rings is 1. The highest BCUT2D eigenvalue weighted by Crippen LogP contribution is 2.20. The minimum absolute atomic E-state index is 0.0868. The van der Waals surface area contributed by atoms with Crippen molar-refractivity contribution in [2.24, 2.45) is 13.0 Å². The van der Waals surface area contributed by atoms with Gasteiger partial charge >= 0.3 is 0 Å². The van der Waals surface area contributed by atoms with Crippen molar-refractivity contribution in [1.82, 2.24) is 9.47 Å². The smallest absolute Gasteiger partial charge is 0.264 e. The van der Waals surface area contributed by atoms with E-state index in [4.69, 9.17) is 0 Å². The number of carbonyl (C=O) groups is 2. The molecule has 1 saturated heterocycles. The predicted molar refractivity (Wildman–Crippen MR) is 87.5 cm³/mol. The van der Waals surface area contributed by atoms with Gasteiger partial charge in [0.1, 0.15) is 0 Å². The van der Waals surface area contributed by atoms with Crippen LogP contribution in [0.25, 0.3) is 0 Å². The summed E-state index contributed by atoms with van der Waals surface area (Å²) in [6, 6.07) is 1.59. The van der Waals surface area contributed by atoms with Crippen LogP contribution >= 0.6 is 15.9 Å². The molecule has 0 atom stereocenters. The van der Waals surface area contributed by atoms with Gasteiger partial charge < -0.3 is 14.8 Å². The highest BCUT2D eigenvalue weighted by molar-refractivity contribution is 9.10. The molecule has 118 valence electrons. The number of aryl methyl sites for hydroxylation is 1. The van der Waals surface area contributed by atoms with Crippen LogP contribution in [0.15, 0.2) is 34.2 Å². The number of nitrogens with one attached hydrogen (secondary N) is 1. The number of nitrogens with zero attached hydrogens (tertiary/aromatic N) is 2. The second-order valence-corrected chi connectivity index (χ2v) is 6.14. The molecule has 2 amide bonds. The Morgan fingerprint density at radius 2 is 2.05 bits per heavy atom. The average Bonchev–Trinajstić information content (AvgIpc) is 2.51. The number of halogens is 1. The summed E-state index contributed by atoms with van der Waals surface area (Å²) in [5, 5.41) is 2.83. The zero-order chi connectivity index (χ0) is 16.3. The fourth-order valence-electron chi connectivity index (χ4n) is 2.48. The van der Waals surface area contributed by atoms with Crippen LogP contribution in [0.4, 0.5) is 5.69 Å². The van der Waals surface area contributed by atoms with Crippen LogP contribution in [0.1, 0.15) is 12.8 Å². The molecule has 0 spiro atoms. The molecule has 0 aromatic carbocycles.